The van der Waals surface area contributed by atoms with E-state index in [1.165, 1.54) is 6.42 Å². The Bertz CT molecular complexity index is 1290. The molecule has 2 heterocycles. The van der Waals surface area contributed by atoms with Crippen molar-refractivity contribution >= 4 is 39.9 Å². The molecule has 0 bridgehead atoms. The van der Waals surface area contributed by atoms with Crippen molar-refractivity contribution < 1.29 is 14.4 Å². The Morgan fingerprint density at radius 2 is 1.56 bits per heavy atom. The average Bonchev–Trinajstić information content (AvgIpc) is 2.93. The van der Waals surface area contributed by atoms with Crippen molar-refractivity contribution in [3.05, 3.63) is 71.8 Å². The molecule has 7 heteroatoms. The third-order valence-corrected chi connectivity index (χ3v) is 7.41. The molecule has 0 saturated carbocycles. The number of hydrogen-bond acceptors (Lipinski definition) is 4. The Morgan fingerprint density at radius 1 is 0.833 bits per heavy atom. The van der Waals surface area contributed by atoms with Crippen LogP contribution in [0.3, 0.4) is 0 Å². The van der Waals surface area contributed by atoms with Gasteiger partial charge in [-0.15, -0.1) is 0 Å². The second kappa shape index (κ2) is 10.4. The van der Waals surface area contributed by atoms with Crippen LogP contribution < -0.4 is 16.0 Å². The molecule has 7 nitrogen and oxygen atoms in total. The lowest BCUT2D eigenvalue weighted by Crippen LogP contribution is -2.41. The van der Waals surface area contributed by atoms with E-state index in [2.05, 4.69) is 10.2 Å². The first kappa shape index (κ1) is 23.9. The zero-order chi connectivity index (χ0) is 25.1. The molecule has 2 aliphatic rings. The standard InChI is InChI=1S/C29H32N4O3/c30-27(34)22-11-12-26(32-15-4-1-5-16-32)25(19-22)31-28(35)21-13-17-33(18-14-21)29(36)24-10-6-8-20-7-2-3-9-23(20)24/h2-3,6-12,19,21H,1,4-5,13-18H2,(H2,30,34)(H,31,35). The molecule has 2 saturated heterocycles. The van der Waals surface area contributed by atoms with Crippen LogP contribution in [0.1, 0.15) is 52.8 Å². The number of carbonyl (C=O) groups excluding carboxylic acids is 3. The minimum atomic E-state index is -0.518. The first-order chi connectivity index (χ1) is 17.5. The van der Waals surface area contributed by atoms with Crippen molar-refractivity contribution in [2.45, 2.75) is 32.1 Å². The van der Waals surface area contributed by atoms with Gasteiger partial charge in [0.15, 0.2) is 0 Å². The predicted molar refractivity (Wildman–Crippen MR) is 142 cm³/mol. The number of likely N-dealkylation sites (tertiary alicyclic amines) is 1. The van der Waals surface area contributed by atoms with Crippen LogP contribution in [0, 0.1) is 5.92 Å². The molecule has 0 spiro atoms. The lowest BCUT2D eigenvalue weighted by Gasteiger charge is -2.33. The Hall–Kier alpha value is -3.87. The van der Waals surface area contributed by atoms with Gasteiger partial charge in [0.05, 0.1) is 11.4 Å². The maximum Gasteiger partial charge on any atom is 0.254 e. The van der Waals surface area contributed by atoms with Crippen LogP contribution in [0.4, 0.5) is 11.4 Å². The van der Waals surface area contributed by atoms with Crippen LogP contribution in [0.25, 0.3) is 10.8 Å². The number of carbonyl (C=O) groups is 3. The number of amides is 3. The van der Waals surface area contributed by atoms with E-state index in [0.29, 0.717) is 42.7 Å². The van der Waals surface area contributed by atoms with Gasteiger partial charge in [0, 0.05) is 43.2 Å². The molecular weight excluding hydrogens is 452 g/mol. The van der Waals surface area contributed by atoms with E-state index in [-0.39, 0.29) is 17.7 Å². The lowest BCUT2D eigenvalue weighted by atomic mass is 9.94. The number of rotatable bonds is 5. The Labute approximate surface area is 211 Å². The number of piperidine rings is 2. The highest BCUT2D eigenvalue weighted by atomic mass is 16.2. The van der Waals surface area contributed by atoms with Gasteiger partial charge in [0.1, 0.15) is 0 Å². The number of fused-ring (bicyclic) bond motifs is 1. The van der Waals surface area contributed by atoms with Gasteiger partial charge >= 0.3 is 0 Å². The van der Waals surface area contributed by atoms with Gasteiger partial charge in [-0.2, -0.15) is 0 Å². The molecular formula is C29H32N4O3. The fourth-order valence-electron chi connectivity index (χ4n) is 5.36. The Kier molecular flexibility index (Phi) is 6.89. The van der Waals surface area contributed by atoms with Gasteiger partial charge in [-0.05, 0) is 67.1 Å². The number of anilines is 2. The van der Waals surface area contributed by atoms with Crippen molar-refractivity contribution in [3.63, 3.8) is 0 Å². The van der Waals surface area contributed by atoms with Gasteiger partial charge in [0.2, 0.25) is 11.8 Å². The minimum Gasteiger partial charge on any atom is -0.370 e. The molecule has 186 valence electrons. The summed E-state index contributed by atoms with van der Waals surface area (Å²) in [6, 6.07) is 19.0. The lowest BCUT2D eigenvalue weighted by molar-refractivity contribution is -0.121. The van der Waals surface area contributed by atoms with E-state index >= 15 is 0 Å². The number of nitrogens with two attached hydrogens (primary N) is 1. The summed E-state index contributed by atoms with van der Waals surface area (Å²) < 4.78 is 0. The summed E-state index contributed by atoms with van der Waals surface area (Å²) in [6.45, 7) is 2.90. The largest absolute Gasteiger partial charge is 0.370 e. The number of benzene rings is 3. The zero-order valence-corrected chi connectivity index (χ0v) is 20.4. The van der Waals surface area contributed by atoms with E-state index in [0.717, 1.165) is 42.4 Å². The van der Waals surface area contributed by atoms with Crippen LogP contribution in [-0.2, 0) is 4.79 Å². The van der Waals surface area contributed by atoms with Crippen LogP contribution >= 0.6 is 0 Å². The molecule has 0 radical (unpaired) electrons. The molecule has 5 rings (SSSR count). The number of nitrogens with zero attached hydrogens (tertiary/aromatic N) is 2. The van der Waals surface area contributed by atoms with Crippen molar-refractivity contribution in [1.29, 1.82) is 0 Å². The molecule has 2 aliphatic heterocycles. The average molecular weight is 485 g/mol. The molecule has 3 aromatic rings. The fourth-order valence-corrected chi connectivity index (χ4v) is 5.36. The second-order valence-corrected chi connectivity index (χ2v) is 9.73. The normalized spacial score (nSPS) is 16.7. The second-order valence-electron chi connectivity index (χ2n) is 9.73. The summed E-state index contributed by atoms with van der Waals surface area (Å²) in [5.41, 5.74) is 8.14. The number of hydrogen-bond donors (Lipinski definition) is 2. The van der Waals surface area contributed by atoms with Crippen LogP contribution in [0.2, 0.25) is 0 Å². The first-order valence-electron chi connectivity index (χ1n) is 12.8. The summed E-state index contributed by atoms with van der Waals surface area (Å²) >= 11 is 0. The monoisotopic (exact) mass is 484 g/mol. The van der Waals surface area contributed by atoms with Gasteiger partial charge in [0.25, 0.3) is 5.91 Å². The summed E-state index contributed by atoms with van der Waals surface area (Å²) in [5.74, 6) is -0.789. The highest BCUT2D eigenvalue weighted by Gasteiger charge is 2.29. The molecule has 0 aromatic heterocycles. The molecule has 3 N–H and O–H groups in total. The van der Waals surface area contributed by atoms with Crippen molar-refractivity contribution in [1.82, 2.24) is 4.90 Å². The van der Waals surface area contributed by atoms with E-state index in [4.69, 9.17) is 5.73 Å². The maximum atomic E-state index is 13.3. The maximum absolute atomic E-state index is 13.3. The SMILES string of the molecule is NC(=O)c1ccc(N2CCCCC2)c(NC(=O)C2CCN(C(=O)c3cccc4ccccc34)CC2)c1. The van der Waals surface area contributed by atoms with Crippen LogP contribution in [0.15, 0.2) is 60.7 Å². The Balaban J connectivity index is 1.27. The third kappa shape index (κ3) is 4.91. The van der Waals surface area contributed by atoms with E-state index in [9.17, 15) is 14.4 Å². The number of primary amides is 1. The molecule has 3 amide bonds. The van der Waals surface area contributed by atoms with Crippen molar-refractivity contribution in [3.8, 4) is 0 Å². The first-order valence-corrected chi connectivity index (χ1v) is 12.8. The molecule has 36 heavy (non-hydrogen) atoms. The predicted octanol–water partition coefficient (Wildman–Crippen LogP) is 4.42. The summed E-state index contributed by atoms with van der Waals surface area (Å²) in [7, 11) is 0. The fraction of sp³-hybridized carbons (Fsp3) is 0.345. The van der Waals surface area contributed by atoms with Gasteiger partial charge < -0.3 is 20.9 Å². The summed E-state index contributed by atoms with van der Waals surface area (Å²) in [4.78, 5) is 42.4. The topological polar surface area (TPSA) is 95.7 Å². The van der Waals surface area contributed by atoms with E-state index in [1.807, 2.05) is 53.4 Å². The van der Waals surface area contributed by atoms with Crippen LogP contribution in [0.5, 0.6) is 0 Å². The van der Waals surface area contributed by atoms with Gasteiger partial charge in [-0.3, -0.25) is 14.4 Å². The Morgan fingerprint density at radius 3 is 2.31 bits per heavy atom. The minimum absolute atomic E-state index is 0.00667. The smallest absolute Gasteiger partial charge is 0.254 e. The highest BCUT2D eigenvalue weighted by molar-refractivity contribution is 6.07. The molecule has 0 unspecified atom stereocenters. The summed E-state index contributed by atoms with van der Waals surface area (Å²) in [6.07, 6.45) is 4.60. The van der Waals surface area contributed by atoms with E-state index in [1.54, 1.807) is 12.1 Å². The van der Waals surface area contributed by atoms with Crippen molar-refractivity contribution in [2.75, 3.05) is 36.4 Å². The third-order valence-electron chi connectivity index (χ3n) is 7.41. The van der Waals surface area contributed by atoms with Gasteiger partial charge in [-0.1, -0.05) is 36.4 Å². The molecule has 3 aromatic carbocycles. The van der Waals surface area contributed by atoms with Gasteiger partial charge in [-0.25, -0.2) is 0 Å². The molecule has 0 atom stereocenters. The number of nitrogens with one attached hydrogen (secondary N) is 1. The van der Waals surface area contributed by atoms with E-state index < -0.39 is 5.91 Å². The molecule has 0 aliphatic carbocycles. The summed E-state index contributed by atoms with van der Waals surface area (Å²) in [5, 5.41) is 5.07. The molecule has 2 fully saturated rings. The van der Waals surface area contributed by atoms with Crippen molar-refractivity contribution in [2.24, 2.45) is 11.7 Å². The quantitative estimate of drug-likeness (QED) is 0.560. The van der Waals surface area contributed by atoms with Crippen LogP contribution in [-0.4, -0.2) is 48.8 Å². The zero-order valence-electron chi connectivity index (χ0n) is 20.4. The highest BCUT2D eigenvalue weighted by Crippen LogP contribution is 2.31.